The Morgan fingerprint density at radius 1 is 1.45 bits per heavy atom. The minimum atomic E-state index is -0.605. The van der Waals surface area contributed by atoms with Crippen LogP contribution >= 0.6 is 23.2 Å². The fourth-order valence-electron chi connectivity index (χ4n) is 2.04. The Morgan fingerprint density at radius 3 is 2.73 bits per heavy atom. The molecule has 0 spiro atoms. The van der Waals surface area contributed by atoms with Crippen molar-refractivity contribution >= 4 is 45.9 Å². The Bertz CT molecular complexity index is 770. The molecule has 7 heteroatoms. The third-order valence-electron chi connectivity index (χ3n) is 2.82. The highest BCUT2D eigenvalue weighted by atomic mass is 35.5. The molecule has 0 aliphatic rings. The van der Waals surface area contributed by atoms with Crippen molar-refractivity contribution in [3.8, 4) is 6.07 Å². The molecule has 0 saturated heterocycles. The van der Waals surface area contributed by atoms with Crippen molar-refractivity contribution in [3.63, 3.8) is 0 Å². The lowest BCUT2D eigenvalue weighted by Gasteiger charge is -2.20. The maximum absolute atomic E-state index is 11.9. The molecule has 1 aromatic heterocycles. The number of nitrogens with one attached hydrogen (secondary N) is 1. The molecule has 2 rings (SSSR count). The number of ether oxygens (including phenoxy) is 1. The van der Waals surface area contributed by atoms with E-state index >= 15 is 0 Å². The van der Waals surface area contributed by atoms with Gasteiger partial charge in [-0.05, 0) is 32.9 Å². The molecule has 116 valence electrons. The van der Waals surface area contributed by atoms with Gasteiger partial charge in [-0.1, -0.05) is 23.2 Å². The van der Waals surface area contributed by atoms with E-state index in [1.807, 2.05) is 6.07 Å². The molecular formula is C15H15Cl2N3O2. The van der Waals surface area contributed by atoms with Crippen LogP contribution in [0.2, 0.25) is 10.0 Å². The van der Waals surface area contributed by atoms with Gasteiger partial charge in [0.1, 0.15) is 12.1 Å². The van der Waals surface area contributed by atoms with Crippen molar-refractivity contribution in [2.24, 2.45) is 0 Å². The van der Waals surface area contributed by atoms with Gasteiger partial charge in [-0.3, -0.25) is 5.32 Å². The van der Waals surface area contributed by atoms with Crippen LogP contribution < -0.4 is 5.32 Å². The Morgan fingerprint density at radius 2 is 2.14 bits per heavy atom. The van der Waals surface area contributed by atoms with Gasteiger partial charge < -0.3 is 9.30 Å². The van der Waals surface area contributed by atoms with Crippen LogP contribution in [0.4, 0.5) is 10.5 Å². The fraction of sp³-hybridized carbons (Fsp3) is 0.333. The van der Waals surface area contributed by atoms with E-state index in [0.717, 1.165) is 0 Å². The highest BCUT2D eigenvalue weighted by molar-refractivity contribution is 6.45. The number of carbonyl (C=O) groups is 1. The summed E-state index contributed by atoms with van der Waals surface area (Å²) in [5, 5.41) is 12.8. The number of nitrogens with zero attached hydrogens (tertiary/aromatic N) is 2. The molecule has 1 heterocycles. The van der Waals surface area contributed by atoms with E-state index in [9.17, 15) is 4.79 Å². The molecular weight excluding hydrogens is 325 g/mol. The summed E-state index contributed by atoms with van der Waals surface area (Å²) < 4.78 is 6.90. The molecule has 0 bridgehead atoms. The van der Waals surface area contributed by atoms with E-state index in [-0.39, 0.29) is 11.6 Å². The van der Waals surface area contributed by atoms with E-state index < -0.39 is 11.7 Å². The van der Waals surface area contributed by atoms with E-state index in [1.165, 1.54) is 0 Å². The topological polar surface area (TPSA) is 67.0 Å². The van der Waals surface area contributed by atoms with Gasteiger partial charge in [-0.25, -0.2) is 4.79 Å². The monoisotopic (exact) mass is 339 g/mol. The summed E-state index contributed by atoms with van der Waals surface area (Å²) in [7, 11) is 0. The maximum atomic E-state index is 11.9. The van der Waals surface area contributed by atoms with E-state index in [0.29, 0.717) is 21.6 Å². The van der Waals surface area contributed by atoms with Gasteiger partial charge in [0.15, 0.2) is 0 Å². The molecule has 22 heavy (non-hydrogen) atoms. The normalized spacial score (nSPS) is 11.3. The second-order valence-corrected chi connectivity index (χ2v) is 6.50. The zero-order valence-electron chi connectivity index (χ0n) is 12.4. The first-order valence-corrected chi connectivity index (χ1v) is 7.32. The number of aromatic nitrogens is 1. The van der Waals surface area contributed by atoms with Gasteiger partial charge >= 0.3 is 6.09 Å². The third-order valence-corrected chi connectivity index (χ3v) is 3.60. The molecule has 0 fully saturated rings. The molecule has 0 atom stereocenters. The second kappa shape index (κ2) is 6.07. The number of nitriles is 1. The molecule has 5 nitrogen and oxygen atoms in total. The molecule has 0 saturated carbocycles. The predicted molar refractivity (Wildman–Crippen MR) is 87.4 cm³/mol. The zero-order valence-corrected chi connectivity index (χ0v) is 13.9. The quantitative estimate of drug-likeness (QED) is 0.852. The Kier molecular flexibility index (Phi) is 4.55. The second-order valence-electron chi connectivity index (χ2n) is 5.71. The van der Waals surface area contributed by atoms with E-state index in [4.69, 9.17) is 33.2 Å². The average molecular weight is 340 g/mol. The van der Waals surface area contributed by atoms with Crippen molar-refractivity contribution in [2.45, 2.75) is 32.9 Å². The standard InChI is InChI=1S/C15H15Cl2N3O2/c1-15(2,3)22-14(21)19-11-8-10(16)12(17)13-9(11)4-6-20(13)7-5-18/h4,6,8H,7H2,1-3H3,(H,19,21). The molecule has 1 aromatic carbocycles. The van der Waals surface area contributed by atoms with Gasteiger partial charge in [0.05, 0.1) is 27.3 Å². The maximum Gasteiger partial charge on any atom is 0.412 e. The van der Waals surface area contributed by atoms with Crippen LogP contribution in [-0.4, -0.2) is 16.3 Å². The number of amides is 1. The molecule has 1 N–H and O–H groups in total. The van der Waals surface area contributed by atoms with Crippen LogP contribution in [0.1, 0.15) is 20.8 Å². The van der Waals surface area contributed by atoms with Crippen LogP contribution in [0.25, 0.3) is 10.9 Å². The third kappa shape index (κ3) is 3.46. The molecule has 0 radical (unpaired) electrons. The average Bonchev–Trinajstić information content (AvgIpc) is 2.78. The number of benzene rings is 1. The van der Waals surface area contributed by atoms with Crippen LogP contribution in [-0.2, 0) is 11.3 Å². The molecule has 1 amide bonds. The summed E-state index contributed by atoms with van der Waals surface area (Å²) in [6.45, 7) is 5.47. The van der Waals surface area contributed by atoms with Gasteiger partial charge in [0, 0.05) is 11.6 Å². The molecule has 0 aliphatic carbocycles. The van der Waals surface area contributed by atoms with Gasteiger partial charge in [0.2, 0.25) is 0 Å². The van der Waals surface area contributed by atoms with Crippen LogP contribution in [0.3, 0.4) is 0 Å². The van der Waals surface area contributed by atoms with Crippen molar-refractivity contribution in [1.29, 1.82) is 5.26 Å². The van der Waals surface area contributed by atoms with E-state index in [1.54, 1.807) is 43.7 Å². The lowest BCUT2D eigenvalue weighted by molar-refractivity contribution is 0.0636. The first kappa shape index (κ1) is 16.5. The van der Waals surface area contributed by atoms with Gasteiger partial charge in [-0.2, -0.15) is 5.26 Å². The summed E-state index contributed by atoms with van der Waals surface area (Å²) >= 11 is 12.3. The smallest absolute Gasteiger partial charge is 0.412 e. The van der Waals surface area contributed by atoms with Crippen molar-refractivity contribution in [2.75, 3.05) is 5.32 Å². The SMILES string of the molecule is CC(C)(C)OC(=O)Nc1cc(Cl)c(Cl)c2c1ccn2CC#N. The van der Waals surface area contributed by atoms with Gasteiger partial charge in [0.25, 0.3) is 0 Å². The summed E-state index contributed by atoms with van der Waals surface area (Å²) in [6, 6.07) is 5.38. The lowest BCUT2D eigenvalue weighted by atomic mass is 10.2. The highest BCUT2D eigenvalue weighted by Gasteiger charge is 2.19. The summed E-state index contributed by atoms with van der Waals surface area (Å²) in [6.07, 6.45) is 1.14. The van der Waals surface area contributed by atoms with Crippen LogP contribution in [0, 0.1) is 11.3 Å². The Hall–Kier alpha value is -1.90. The number of carbonyl (C=O) groups excluding carboxylic acids is 1. The van der Waals surface area contributed by atoms with E-state index in [2.05, 4.69) is 5.32 Å². The molecule has 0 unspecified atom stereocenters. The summed E-state index contributed by atoms with van der Waals surface area (Å²) in [4.78, 5) is 11.9. The zero-order chi connectivity index (χ0) is 16.5. The largest absolute Gasteiger partial charge is 0.444 e. The fourth-order valence-corrected chi connectivity index (χ4v) is 2.50. The predicted octanol–water partition coefficient (Wildman–Crippen LogP) is 4.82. The number of hydrogen-bond acceptors (Lipinski definition) is 3. The molecule has 0 aliphatic heterocycles. The van der Waals surface area contributed by atoms with Crippen molar-refractivity contribution < 1.29 is 9.53 Å². The number of fused-ring (bicyclic) bond motifs is 1. The van der Waals surface area contributed by atoms with Gasteiger partial charge in [-0.15, -0.1) is 0 Å². The molecule has 2 aromatic rings. The summed E-state index contributed by atoms with van der Waals surface area (Å²) in [5.41, 5.74) is 0.476. The summed E-state index contributed by atoms with van der Waals surface area (Å²) in [5.74, 6) is 0. The first-order chi connectivity index (χ1) is 10.2. The van der Waals surface area contributed by atoms with Crippen molar-refractivity contribution in [3.05, 3.63) is 28.4 Å². The van der Waals surface area contributed by atoms with Crippen LogP contribution in [0.5, 0.6) is 0 Å². The minimum Gasteiger partial charge on any atom is -0.444 e. The number of anilines is 1. The number of halogens is 2. The Labute approximate surface area is 138 Å². The lowest BCUT2D eigenvalue weighted by Crippen LogP contribution is -2.27. The first-order valence-electron chi connectivity index (χ1n) is 6.56. The van der Waals surface area contributed by atoms with Crippen LogP contribution in [0.15, 0.2) is 18.3 Å². The number of rotatable bonds is 2. The highest BCUT2D eigenvalue weighted by Crippen LogP contribution is 2.37. The van der Waals surface area contributed by atoms with Crippen molar-refractivity contribution in [1.82, 2.24) is 4.57 Å². The minimum absolute atomic E-state index is 0.134. The number of hydrogen-bond donors (Lipinski definition) is 1. The Balaban J connectivity index is 2.45.